The van der Waals surface area contributed by atoms with Crippen molar-refractivity contribution in [2.75, 3.05) is 20.8 Å². The molecule has 39 heavy (non-hydrogen) atoms. The van der Waals surface area contributed by atoms with Gasteiger partial charge in [-0.2, -0.15) is 0 Å². The highest BCUT2D eigenvalue weighted by molar-refractivity contribution is 5.81. The third kappa shape index (κ3) is 6.10. The number of rotatable bonds is 10. The van der Waals surface area contributed by atoms with E-state index in [1.807, 2.05) is 66.7 Å². The molecule has 9 heteroatoms. The van der Waals surface area contributed by atoms with Gasteiger partial charge in [0.05, 0.1) is 26.9 Å². The second-order valence-corrected chi connectivity index (χ2v) is 10.4. The molecule has 2 fully saturated rings. The van der Waals surface area contributed by atoms with Crippen molar-refractivity contribution < 1.29 is 42.7 Å². The molecule has 0 aromatic heterocycles. The van der Waals surface area contributed by atoms with Crippen molar-refractivity contribution in [2.24, 2.45) is 0 Å². The zero-order valence-electron chi connectivity index (χ0n) is 22.7. The summed E-state index contributed by atoms with van der Waals surface area (Å²) in [6.07, 6.45) is -1.24. The van der Waals surface area contributed by atoms with Gasteiger partial charge in [-0.05, 0) is 36.6 Å². The zero-order valence-corrected chi connectivity index (χ0v) is 22.7. The predicted octanol–water partition coefficient (Wildman–Crippen LogP) is 3.90. The Morgan fingerprint density at radius 1 is 0.872 bits per heavy atom. The van der Waals surface area contributed by atoms with Gasteiger partial charge in [0, 0.05) is 13.5 Å². The summed E-state index contributed by atoms with van der Waals surface area (Å²) in [5.41, 5.74) is 1.28. The van der Waals surface area contributed by atoms with E-state index in [9.17, 15) is 4.79 Å². The summed E-state index contributed by atoms with van der Waals surface area (Å²) in [5, 5.41) is 0. The van der Waals surface area contributed by atoms with Crippen LogP contribution in [0, 0.1) is 0 Å². The zero-order chi connectivity index (χ0) is 27.5. The molecule has 5 rings (SSSR count). The Bertz CT molecular complexity index is 1140. The number of fused-ring (bicyclic) bond motifs is 1. The van der Waals surface area contributed by atoms with Crippen LogP contribution in [0.2, 0.25) is 0 Å². The van der Waals surface area contributed by atoms with Crippen molar-refractivity contribution in [3.05, 3.63) is 83.4 Å². The van der Waals surface area contributed by atoms with Crippen LogP contribution in [0.4, 0.5) is 0 Å². The molecule has 0 spiro atoms. The summed E-state index contributed by atoms with van der Waals surface area (Å²) >= 11 is 0. The van der Waals surface area contributed by atoms with Gasteiger partial charge in [0.15, 0.2) is 18.4 Å². The first kappa shape index (κ1) is 27.9. The van der Waals surface area contributed by atoms with Gasteiger partial charge in [0.1, 0.15) is 18.3 Å². The van der Waals surface area contributed by atoms with Crippen LogP contribution in [0.15, 0.2) is 72.3 Å². The summed E-state index contributed by atoms with van der Waals surface area (Å²) < 4.78 is 47.9. The summed E-state index contributed by atoms with van der Waals surface area (Å²) in [6, 6.07) is 19.6. The number of methoxy groups -OCH3 is 2. The lowest BCUT2D eigenvalue weighted by molar-refractivity contribution is -0.260. The fourth-order valence-corrected chi connectivity index (χ4v) is 5.31. The van der Waals surface area contributed by atoms with E-state index in [1.54, 1.807) is 21.0 Å². The van der Waals surface area contributed by atoms with Gasteiger partial charge in [-0.25, -0.2) is 4.79 Å². The predicted molar refractivity (Wildman–Crippen MR) is 139 cm³/mol. The first-order valence-corrected chi connectivity index (χ1v) is 13.1. The first-order chi connectivity index (χ1) is 18.8. The molecule has 6 atom stereocenters. The van der Waals surface area contributed by atoms with Gasteiger partial charge in [0.2, 0.25) is 5.60 Å². The molecule has 9 nitrogen and oxygen atoms in total. The van der Waals surface area contributed by atoms with Crippen LogP contribution in [0.5, 0.6) is 0 Å². The minimum absolute atomic E-state index is 0.146. The van der Waals surface area contributed by atoms with Gasteiger partial charge in [-0.1, -0.05) is 60.7 Å². The van der Waals surface area contributed by atoms with Gasteiger partial charge in [-0.3, -0.25) is 0 Å². The Kier molecular flexibility index (Phi) is 8.49. The lowest BCUT2D eigenvalue weighted by atomic mass is 9.87. The molecule has 2 aromatic rings. The Hall–Kier alpha value is -2.63. The largest absolute Gasteiger partial charge is 0.467 e. The maximum atomic E-state index is 13.4. The number of carbonyl (C=O) groups excluding carboxylic acids is 1. The maximum Gasteiger partial charge on any atom is 0.341 e. The van der Waals surface area contributed by atoms with Gasteiger partial charge in [-0.15, -0.1) is 0 Å². The molecule has 0 unspecified atom stereocenters. The highest BCUT2D eigenvalue weighted by atomic mass is 16.8. The highest BCUT2D eigenvalue weighted by Crippen LogP contribution is 2.48. The molecular formula is C30H36O9. The van der Waals surface area contributed by atoms with Crippen LogP contribution >= 0.6 is 0 Å². The first-order valence-electron chi connectivity index (χ1n) is 13.1. The average molecular weight is 541 g/mol. The van der Waals surface area contributed by atoms with Gasteiger partial charge < -0.3 is 37.9 Å². The molecule has 210 valence electrons. The fourth-order valence-electron chi connectivity index (χ4n) is 5.31. The SMILES string of the molecule is COC(=O)[C@]1(CC2=C[C@@H](OCc3ccccc3)[C@@H](OC)OC2)O[C@H](OCc2ccccc2)[C@H]2OC(C)(C)O[C@H]21. The lowest BCUT2D eigenvalue weighted by Gasteiger charge is -2.35. The minimum atomic E-state index is -1.51. The minimum Gasteiger partial charge on any atom is -0.467 e. The normalized spacial score (nSPS) is 31.5. The molecule has 0 bridgehead atoms. The van der Waals surface area contributed by atoms with Crippen molar-refractivity contribution in [3.8, 4) is 0 Å². The molecule has 3 heterocycles. The molecular weight excluding hydrogens is 504 g/mol. The van der Waals surface area contributed by atoms with E-state index in [-0.39, 0.29) is 19.6 Å². The van der Waals surface area contributed by atoms with Crippen LogP contribution in [-0.2, 0) is 55.9 Å². The number of hydrogen-bond donors (Lipinski definition) is 0. The number of carbonyl (C=O) groups is 1. The monoisotopic (exact) mass is 540 g/mol. The maximum absolute atomic E-state index is 13.4. The molecule has 0 radical (unpaired) electrons. The van der Waals surface area contributed by atoms with Crippen LogP contribution < -0.4 is 0 Å². The van der Waals surface area contributed by atoms with Crippen LogP contribution in [0.3, 0.4) is 0 Å². The third-order valence-electron chi connectivity index (χ3n) is 7.08. The molecule has 0 aliphatic carbocycles. The van der Waals surface area contributed by atoms with E-state index in [1.165, 1.54) is 7.11 Å². The van der Waals surface area contributed by atoms with E-state index >= 15 is 0 Å². The van der Waals surface area contributed by atoms with Crippen LogP contribution in [-0.4, -0.2) is 69.1 Å². The Labute approximate surface area is 228 Å². The Morgan fingerprint density at radius 3 is 2.13 bits per heavy atom. The van der Waals surface area contributed by atoms with Crippen molar-refractivity contribution in [2.45, 2.75) is 75.8 Å². The second kappa shape index (κ2) is 11.9. The lowest BCUT2D eigenvalue weighted by Crippen LogP contribution is -2.52. The van der Waals surface area contributed by atoms with Crippen molar-refractivity contribution in [3.63, 3.8) is 0 Å². The van der Waals surface area contributed by atoms with E-state index in [0.717, 1.165) is 16.7 Å². The molecule has 0 N–H and O–H groups in total. The molecule has 3 aliphatic heterocycles. The summed E-state index contributed by atoms with van der Waals surface area (Å²) in [6.45, 7) is 4.50. The van der Waals surface area contributed by atoms with Gasteiger partial charge >= 0.3 is 5.97 Å². The topological polar surface area (TPSA) is 90.9 Å². The number of benzene rings is 2. The van der Waals surface area contributed by atoms with Crippen LogP contribution in [0.1, 0.15) is 31.4 Å². The molecule has 0 saturated carbocycles. The van der Waals surface area contributed by atoms with Crippen molar-refractivity contribution in [1.29, 1.82) is 0 Å². The molecule has 2 saturated heterocycles. The van der Waals surface area contributed by atoms with E-state index < -0.39 is 48.2 Å². The summed E-state index contributed by atoms with van der Waals surface area (Å²) in [7, 11) is 2.91. The summed E-state index contributed by atoms with van der Waals surface area (Å²) in [5.74, 6) is -1.51. The van der Waals surface area contributed by atoms with E-state index in [2.05, 4.69) is 0 Å². The number of esters is 1. The molecule has 3 aliphatic rings. The Morgan fingerprint density at radius 2 is 1.51 bits per heavy atom. The number of ether oxygens (including phenoxy) is 8. The van der Waals surface area contributed by atoms with Crippen molar-refractivity contribution >= 4 is 5.97 Å². The molecule has 0 amide bonds. The fraction of sp³-hybridized carbons (Fsp3) is 0.500. The van der Waals surface area contributed by atoms with Gasteiger partial charge in [0.25, 0.3) is 0 Å². The van der Waals surface area contributed by atoms with E-state index in [0.29, 0.717) is 6.61 Å². The average Bonchev–Trinajstić information content (AvgIpc) is 3.43. The number of hydrogen-bond acceptors (Lipinski definition) is 9. The summed E-state index contributed by atoms with van der Waals surface area (Å²) in [4.78, 5) is 13.4. The van der Waals surface area contributed by atoms with Crippen LogP contribution in [0.25, 0.3) is 0 Å². The quantitative estimate of drug-likeness (QED) is 0.329. The van der Waals surface area contributed by atoms with Crippen molar-refractivity contribution in [1.82, 2.24) is 0 Å². The smallest absolute Gasteiger partial charge is 0.341 e. The van der Waals surface area contributed by atoms with E-state index in [4.69, 9.17) is 37.9 Å². The Balaban J connectivity index is 1.39. The standard InChI is InChI=1S/C30H36O9/c1-29(2)37-24-25(38-29)30(28(31)33-4,39-27(24)36-18-21-13-9-6-10-14-21)16-22-15-23(26(32-3)35-19-22)34-17-20-11-7-5-8-12-20/h5-15,23-27H,16-19H2,1-4H3/t23-,24+,25-,26+,27+,30-/m1/s1. The molecule has 2 aromatic carbocycles. The third-order valence-corrected chi connectivity index (χ3v) is 7.08. The highest BCUT2D eigenvalue weighted by Gasteiger charge is 2.67. The second-order valence-electron chi connectivity index (χ2n) is 10.4.